The maximum absolute atomic E-state index is 16.1. The standard InChI is InChI=1S/C47H51F2N9O9S/c1-5-66-38-24-30(8-13-37(38)65-3)36(27-68(4,63)64)58-44(60)34-14-17-50-43(41(34)45(58)61)56-22-20-55(21-23-56)39-15-18-54(28-47(39,48)49)26-29-6-9-31(10-7-29)67-32-11-12-33-35(25-32)53(2)52-42(33)57-19-16-40(59)51-46(57)62/h6-14,17,24-25,36,39H,5,15-16,18-23,26-28H2,1-4H3,(H,51,59,62)/t36-,39-/m1/s1. The highest BCUT2D eigenvalue weighted by atomic mass is 32.2. The van der Waals surface area contributed by atoms with Gasteiger partial charge in [-0.05, 0) is 66.9 Å². The van der Waals surface area contributed by atoms with Gasteiger partial charge < -0.3 is 19.1 Å². The Bertz CT molecular complexity index is 2910. The molecule has 3 aromatic carbocycles. The van der Waals surface area contributed by atoms with E-state index >= 15 is 8.78 Å². The van der Waals surface area contributed by atoms with Gasteiger partial charge in [-0.2, -0.15) is 5.10 Å². The number of nitrogens with one attached hydrogen (secondary N) is 1. The molecule has 2 atom stereocenters. The van der Waals surface area contributed by atoms with Crippen LogP contribution in [0.15, 0.2) is 72.9 Å². The van der Waals surface area contributed by atoms with Crippen LogP contribution in [0.3, 0.4) is 0 Å². The second-order valence-electron chi connectivity index (χ2n) is 17.4. The van der Waals surface area contributed by atoms with Crippen LogP contribution in [-0.2, 0) is 28.2 Å². The normalized spacial score (nSPS) is 19.6. The number of likely N-dealkylation sites (tertiary alicyclic amines) is 1. The van der Waals surface area contributed by atoms with Crippen molar-refractivity contribution in [2.24, 2.45) is 7.05 Å². The molecule has 18 nitrogen and oxygen atoms in total. The first-order valence-corrected chi connectivity index (χ1v) is 24.4. The number of urea groups is 1. The van der Waals surface area contributed by atoms with E-state index in [0.29, 0.717) is 54.1 Å². The number of rotatable bonds is 14. The van der Waals surface area contributed by atoms with E-state index in [0.717, 1.165) is 27.6 Å². The average molecular weight is 956 g/mol. The molecule has 0 bridgehead atoms. The van der Waals surface area contributed by atoms with Crippen molar-refractivity contribution < 1.29 is 50.6 Å². The molecule has 358 valence electrons. The first kappa shape index (κ1) is 46.4. The largest absolute Gasteiger partial charge is 0.493 e. The number of carbonyl (C=O) groups is 4. The Hall–Kier alpha value is -6.71. The lowest BCUT2D eigenvalue weighted by molar-refractivity contribution is -0.129. The molecule has 0 radical (unpaired) electrons. The summed E-state index contributed by atoms with van der Waals surface area (Å²) in [6, 6.07) is 16.2. The topological polar surface area (TPSA) is 189 Å². The van der Waals surface area contributed by atoms with Gasteiger partial charge in [-0.3, -0.25) is 44.0 Å². The Balaban J connectivity index is 0.815. The van der Waals surface area contributed by atoms with E-state index in [1.807, 2.05) is 29.2 Å². The zero-order chi connectivity index (χ0) is 48.1. The summed E-state index contributed by atoms with van der Waals surface area (Å²) < 4.78 is 76.5. The number of anilines is 2. The van der Waals surface area contributed by atoms with E-state index in [1.54, 1.807) is 64.9 Å². The number of nitrogens with zero attached hydrogens (tertiary/aromatic N) is 8. The highest BCUT2D eigenvalue weighted by molar-refractivity contribution is 7.90. The fourth-order valence-electron chi connectivity index (χ4n) is 9.61. The SMILES string of the molecule is CCOc1cc([C@@H](CS(C)(=O)=O)N2C(=O)c3ccnc(N4CCN([C@@H]5CCN(Cc6ccc(Oc7ccc8c(N9CCC(=O)NC9=O)nn(C)c8c7)cc6)CC5(F)F)CC4)c3C2=O)ccc1OC. The summed E-state index contributed by atoms with van der Waals surface area (Å²) in [7, 11) is -0.491. The Kier molecular flexibility index (Phi) is 12.6. The zero-order valence-corrected chi connectivity index (χ0v) is 38.8. The number of carbonyl (C=O) groups excluding carboxylic acids is 4. The molecule has 5 amide bonds. The van der Waals surface area contributed by atoms with Gasteiger partial charge in [0.2, 0.25) is 5.91 Å². The first-order valence-electron chi connectivity index (χ1n) is 22.3. The van der Waals surface area contributed by atoms with Gasteiger partial charge in [-0.15, -0.1) is 0 Å². The number of fused-ring (bicyclic) bond motifs is 2. The number of aromatic nitrogens is 3. The number of hydrogen-bond donors (Lipinski definition) is 1. The molecule has 0 spiro atoms. The number of sulfone groups is 1. The van der Waals surface area contributed by atoms with Gasteiger partial charge in [0.1, 0.15) is 27.2 Å². The van der Waals surface area contributed by atoms with Crippen molar-refractivity contribution >= 4 is 56.1 Å². The van der Waals surface area contributed by atoms with Gasteiger partial charge >= 0.3 is 6.03 Å². The minimum Gasteiger partial charge on any atom is -0.493 e. The predicted octanol–water partition coefficient (Wildman–Crippen LogP) is 5.03. The summed E-state index contributed by atoms with van der Waals surface area (Å²) in [5.74, 6) is -2.70. The number of hydrogen-bond acceptors (Lipinski definition) is 14. The summed E-state index contributed by atoms with van der Waals surface area (Å²) in [6.45, 7) is 3.75. The van der Waals surface area contributed by atoms with Crippen LogP contribution in [0.5, 0.6) is 23.0 Å². The molecule has 1 N–H and O–H groups in total. The van der Waals surface area contributed by atoms with E-state index < -0.39 is 58.0 Å². The summed E-state index contributed by atoms with van der Waals surface area (Å²) >= 11 is 0. The van der Waals surface area contributed by atoms with Gasteiger partial charge in [0, 0.05) is 83.2 Å². The van der Waals surface area contributed by atoms with Crippen molar-refractivity contribution in [3.8, 4) is 23.0 Å². The number of aryl methyl sites for hydroxylation is 1. The third-order valence-corrected chi connectivity index (χ3v) is 13.8. The predicted molar refractivity (Wildman–Crippen MR) is 246 cm³/mol. The molecule has 4 aliphatic heterocycles. The zero-order valence-electron chi connectivity index (χ0n) is 38.0. The number of pyridine rings is 1. The minimum absolute atomic E-state index is 0.0491. The highest BCUT2D eigenvalue weighted by Gasteiger charge is 2.49. The quantitative estimate of drug-likeness (QED) is 0.146. The molecule has 3 fully saturated rings. The lowest BCUT2D eigenvalue weighted by Gasteiger charge is -2.46. The van der Waals surface area contributed by atoms with Crippen molar-refractivity contribution in [2.45, 2.75) is 44.3 Å². The Morgan fingerprint density at radius 2 is 1.63 bits per heavy atom. The third kappa shape index (κ3) is 9.16. The first-order chi connectivity index (χ1) is 32.5. The Labute approximate surface area is 391 Å². The molecule has 21 heteroatoms. The van der Waals surface area contributed by atoms with Crippen LogP contribution in [0.2, 0.25) is 0 Å². The molecule has 68 heavy (non-hydrogen) atoms. The Morgan fingerprint density at radius 3 is 2.32 bits per heavy atom. The van der Waals surface area contributed by atoms with Gasteiger partial charge in [0.05, 0.1) is 54.7 Å². The third-order valence-electron chi connectivity index (χ3n) is 12.8. The van der Waals surface area contributed by atoms with Crippen LogP contribution in [0.25, 0.3) is 10.9 Å². The number of amides is 5. The van der Waals surface area contributed by atoms with Gasteiger partial charge in [0.25, 0.3) is 17.7 Å². The summed E-state index contributed by atoms with van der Waals surface area (Å²) in [5, 5.41) is 7.56. The van der Waals surface area contributed by atoms with Crippen LogP contribution in [0.4, 0.5) is 25.2 Å². The highest BCUT2D eigenvalue weighted by Crippen LogP contribution is 2.40. The molecule has 0 saturated carbocycles. The van der Waals surface area contributed by atoms with Crippen LogP contribution < -0.4 is 29.3 Å². The molecule has 3 saturated heterocycles. The van der Waals surface area contributed by atoms with Gasteiger partial charge in [0.15, 0.2) is 17.3 Å². The molecular formula is C47H51F2N9O9S. The second-order valence-corrected chi connectivity index (χ2v) is 19.6. The van der Waals surface area contributed by atoms with E-state index in [9.17, 15) is 27.6 Å². The van der Waals surface area contributed by atoms with Crippen molar-refractivity contribution in [1.29, 1.82) is 0 Å². The van der Waals surface area contributed by atoms with Gasteiger partial charge in [-0.25, -0.2) is 27.0 Å². The van der Waals surface area contributed by atoms with E-state index in [4.69, 9.17) is 14.2 Å². The molecule has 0 aliphatic carbocycles. The lowest BCUT2D eigenvalue weighted by Crippen LogP contribution is -2.61. The number of imide groups is 2. The van der Waals surface area contributed by atoms with Crippen LogP contribution in [-0.4, -0.2) is 145 Å². The maximum atomic E-state index is 16.1. The number of halogens is 2. The second kappa shape index (κ2) is 18.4. The van der Waals surface area contributed by atoms with E-state index in [-0.39, 0.29) is 68.4 Å². The average Bonchev–Trinajstić information content (AvgIpc) is 3.76. The number of piperazine rings is 1. The monoisotopic (exact) mass is 955 g/mol. The van der Waals surface area contributed by atoms with Gasteiger partial charge in [-0.1, -0.05) is 18.2 Å². The van der Waals surface area contributed by atoms with Crippen molar-refractivity contribution in [3.05, 3.63) is 95.2 Å². The summed E-state index contributed by atoms with van der Waals surface area (Å²) in [5.41, 5.74) is 2.08. The van der Waals surface area contributed by atoms with E-state index in [2.05, 4.69) is 15.4 Å². The number of ether oxygens (including phenoxy) is 3. The maximum Gasteiger partial charge on any atom is 0.329 e. The fraction of sp³-hybridized carbons (Fsp3) is 0.404. The summed E-state index contributed by atoms with van der Waals surface area (Å²) in [6.07, 6.45) is 2.89. The number of piperidine rings is 1. The molecular weight excluding hydrogens is 905 g/mol. The molecule has 4 aliphatic rings. The summed E-state index contributed by atoms with van der Waals surface area (Å²) in [4.78, 5) is 64.7. The van der Waals surface area contributed by atoms with Crippen LogP contribution >= 0.6 is 0 Å². The van der Waals surface area contributed by atoms with Crippen LogP contribution in [0, 0.1) is 0 Å². The van der Waals surface area contributed by atoms with Crippen molar-refractivity contribution in [3.63, 3.8) is 0 Å². The number of benzene rings is 3. The Morgan fingerprint density at radius 1 is 0.882 bits per heavy atom. The minimum atomic E-state index is -3.72. The number of alkyl halides is 2. The molecule has 2 aromatic heterocycles. The number of methoxy groups -OCH3 is 1. The molecule has 6 heterocycles. The molecule has 9 rings (SSSR count). The smallest absolute Gasteiger partial charge is 0.329 e. The van der Waals surface area contributed by atoms with E-state index in [1.165, 1.54) is 24.3 Å². The fourth-order valence-corrected chi connectivity index (χ4v) is 10.5. The van der Waals surface area contributed by atoms with Crippen molar-refractivity contribution in [1.82, 2.24) is 34.8 Å². The van der Waals surface area contributed by atoms with Crippen LogP contribution in [0.1, 0.15) is 57.7 Å². The lowest BCUT2D eigenvalue weighted by atomic mass is 9.97. The van der Waals surface area contributed by atoms with Crippen molar-refractivity contribution in [2.75, 3.05) is 81.3 Å². The molecule has 0 unspecified atom stereocenters. The molecule has 5 aromatic rings.